The van der Waals surface area contributed by atoms with Crippen LogP contribution in [0.2, 0.25) is 0 Å². The molecule has 0 amide bonds. The van der Waals surface area contributed by atoms with E-state index in [1.54, 1.807) is 0 Å². The summed E-state index contributed by atoms with van der Waals surface area (Å²) in [4.78, 5) is 4.67. The maximum absolute atomic E-state index is 6.05. The summed E-state index contributed by atoms with van der Waals surface area (Å²) in [6.07, 6.45) is 3.94. The Morgan fingerprint density at radius 1 is 1.39 bits per heavy atom. The Balaban J connectivity index is 2.08. The van der Waals surface area contributed by atoms with E-state index in [1.165, 1.54) is 30.3 Å². The van der Waals surface area contributed by atoms with Gasteiger partial charge in [0, 0.05) is 6.54 Å². The van der Waals surface area contributed by atoms with Gasteiger partial charge in [-0.15, -0.1) is 11.6 Å². The van der Waals surface area contributed by atoms with Gasteiger partial charge >= 0.3 is 0 Å². The van der Waals surface area contributed by atoms with Crippen LogP contribution in [-0.4, -0.2) is 9.55 Å². The van der Waals surface area contributed by atoms with E-state index in [9.17, 15) is 0 Å². The number of halogens is 1. The van der Waals surface area contributed by atoms with Crippen molar-refractivity contribution in [1.82, 2.24) is 9.55 Å². The number of alkyl halides is 1. The van der Waals surface area contributed by atoms with E-state index in [0.717, 1.165) is 17.9 Å². The predicted octanol–water partition coefficient (Wildman–Crippen LogP) is 4.27. The molecule has 0 aliphatic heterocycles. The van der Waals surface area contributed by atoms with E-state index in [4.69, 9.17) is 11.6 Å². The second-order valence-corrected chi connectivity index (χ2v) is 5.86. The van der Waals surface area contributed by atoms with Crippen molar-refractivity contribution in [2.24, 2.45) is 5.41 Å². The van der Waals surface area contributed by atoms with Crippen molar-refractivity contribution in [2.75, 3.05) is 0 Å². The van der Waals surface area contributed by atoms with Crippen LogP contribution in [-0.2, 0) is 12.4 Å². The van der Waals surface area contributed by atoms with E-state index in [2.05, 4.69) is 41.6 Å². The Bertz CT molecular complexity index is 581. The van der Waals surface area contributed by atoms with Gasteiger partial charge in [0.2, 0.25) is 0 Å². The number of fused-ring (bicyclic) bond motifs is 1. The number of benzene rings is 1. The van der Waals surface area contributed by atoms with Gasteiger partial charge < -0.3 is 4.57 Å². The Hall–Kier alpha value is -1.02. The normalized spacial score (nSPS) is 17.3. The number of aromatic nitrogens is 2. The van der Waals surface area contributed by atoms with Crippen LogP contribution in [0.3, 0.4) is 0 Å². The van der Waals surface area contributed by atoms with Crippen LogP contribution in [0.5, 0.6) is 0 Å². The minimum Gasteiger partial charge on any atom is -0.326 e. The number of imidazole rings is 1. The highest BCUT2D eigenvalue weighted by molar-refractivity contribution is 6.16. The van der Waals surface area contributed by atoms with Crippen LogP contribution in [0, 0.1) is 12.3 Å². The van der Waals surface area contributed by atoms with Crippen LogP contribution in [0.4, 0.5) is 0 Å². The molecule has 1 heterocycles. The molecular formula is C15H19ClN2. The van der Waals surface area contributed by atoms with E-state index in [1.807, 2.05) is 0 Å². The Labute approximate surface area is 113 Å². The Kier molecular flexibility index (Phi) is 2.86. The zero-order chi connectivity index (χ0) is 12.8. The van der Waals surface area contributed by atoms with Crippen molar-refractivity contribution >= 4 is 22.6 Å². The van der Waals surface area contributed by atoms with Crippen molar-refractivity contribution in [2.45, 2.75) is 45.5 Å². The third kappa shape index (κ3) is 1.93. The molecule has 1 saturated carbocycles. The number of rotatable bonds is 4. The summed E-state index contributed by atoms with van der Waals surface area (Å²) in [5, 5.41) is 0. The summed E-state index contributed by atoms with van der Waals surface area (Å²) in [5.41, 5.74) is 4.08. The molecule has 1 aliphatic carbocycles. The SMILES string of the molecule is CCC1(Cn2c(CCl)nc3cc(C)ccc32)CC1. The highest BCUT2D eigenvalue weighted by Gasteiger charge is 2.41. The molecule has 1 aliphatic rings. The van der Waals surface area contributed by atoms with Gasteiger partial charge in [0.05, 0.1) is 16.9 Å². The van der Waals surface area contributed by atoms with Crippen LogP contribution >= 0.6 is 11.6 Å². The predicted molar refractivity (Wildman–Crippen MR) is 76.0 cm³/mol. The van der Waals surface area contributed by atoms with Crippen molar-refractivity contribution in [3.8, 4) is 0 Å². The van der Waals surface area contributed by atoms with E-state index < -0.39 is 0 Å². The largest absolute Gasteiger partial charge is 0.326 e. The fraction of sp³-hybridized carbons (Fsp3) is 0.533. The van der Waals surface area contributed by atoms with Gasteiger partial charge in [-0.1, -0.05) is 13.0 Å². The monoisotopic (exact) mass is 262 g/mol. The van der Waals surface area contributed by atoms with Gasteiger partial charge in [-0.2, -0.15) is 0 Å². The first-order valence-electron chi connectivity index (χ1n) is 6.69. The molecule has 3 heteroatoms. The van der Waals surface area contributed by atoms with E-state index >= 15 is 0 Å². The molecule has 18 heavy (non-hydrogen) atoms. The lowest BCUT2D eigenvalue weighted by atomic mass is 10.0. The zero-order valence-corrected chi connectivity index (χ0v) is 11.8. The number of aryl methyl sites for hydroxylation is 1. The second kappa shape index (κ2) is 4.27. The minimum atomic E-state index is 0.494. The molecule has 2 aromatic rings. The average Bonchev–Trinajstić information content (AvgIpc) is 3.07. The molecule has 0 spiro atoms. The van der Waals surface area contributed by atoms with Crippen LogP contribution < -0.4 is 0 Å². The summed E-state index contributed by atoms with van der Waals surface area (Å²) in [5.74, 6) is 1.50. The minimum absolute atomic E-state index is 0.494. The molecule has 0 bridgehead atoms. The first kappa shape index (κ1) is 12.0. The maximum atomic E-state index is 6.05. The highest BCUT2D eigenvalue weighted by atomic mass is 35.5. The van der Waals surface area contributed by atoms with Gasteiger partial charge in [-0.05, 0) is 49.3 Å². The Morgan fingerprint density at radius 2 is 2.17 bits per heavy atom. The first-order chi connectivity index (χ1) is 8.67. The molecule has 1 aromatic heterocycles. The fourth-order valence-corrected chi connectivity index (χ4v) is 2.91. The standard InChI is InChI=1S/C15H19ClN2/c1-3-15(6-7-15)10-18-13-5-4-11(2)8-12(13)17-14(18)9-16/h4-5,8H,3,6-7,9-10H2,1-2H3. The zero-order valence-electron chi connectivity index (χ0n) is 11.0. The lowest BCUT2D eigenvalue weighted by Crippen LogP contribution is -2.12. The van der Waals surface area contributed by atoms with Crippen LogP contribution in [0.1, 0.15) is 37.6 Å². The smallest absolute Gasteiger partial charge is 0.124 e. The van der Waals surface area contributed by atoms with Gasteiger partial charge in [0.25, 0.3) is 0 Å². The van der Waals surface area contributed by atoms with Gasteiger partial charge in [0.1, 0.15) is 5.82 Å². The molecule has 0 saturated heterocycles. The second-order valence-electron chi connectivity index (χ2n) is 5.59. The Morgan fingerprint density at radius 3 is 2.78 bits per heavy atom. The number of hydrogen-bond donors (Lipinski definition) is 0. The molecule has 96 valence electrons. The summed E-state index contributed by atoms with van der Waals surface area (Å²) < 4.78 is 2.33. The fourth-order valence-electron chi connectivity index (χ4n) is 2.70. The molecule has 0 atom stereocenters. The third-order valence-corrected chi connectivity index (χ3v) is 4.54. The molecule has 2 nitrogen and oxygen atoms in total. The maximum Gasteiger partial charge on any atom is 0.124 e. The molecule has 0 N–H and O–H groups in total. The highest BCUT2D eigenvalue weighted by Crippen LogP contribution is 2.50. The molecule has 1 aromatic carbocycles. The topological polar surface area (TPSA) is 17.8 Å². The van der Waals surface area contributed by atoms with Crippen LogP contribution in [0.25, 0.3) is 11.0 Å². The van der Waals surface area contributed by atoms with Crippen molar-refractivity contribution in [1.29, 1.82) is 0 Å². The summed E-state index contributed by atoms with van der Waals surface area (Å²) in [7, 11) is 0. The number of nitrogens with zero attached hydrogens (tertiary/aromatic N) is 2. The first-order valence-corrected chi connectivity index (χ1v) is 7.23. The average molecular weight is 263 g/mol. The summed E-state index contributed by atoms with van der Waals surface area (Å²) in [6, 6.07) is 6.48. The molecule has 3 rings (SSSR count). The quantitative estimate of drug-likeness (QED) is 0.753. The lowest BCUT2D eigenvalue weighted by Gasteiger charge is -2.15. The molecule has 0 radical (unpaired) electrons. The lowest BCUT2D eigenvalue weighted by molar-refractivity contribution is 0.410. The van der Waals surface area contributed by atoms with E-state index in [0.29, 0.717) is 11.3 Å². The summed E-state index contributed by atoms with van der Waals surface area (Å²) >= 11 is 6.05. The molecule has 1 fully saturated rings. The van der Waals surface area contributed by atoms with Crippen molar-refractivity contribution in [3.05, 3.63) is 29.6 Å². The molecule has 0 unspecified atom stereocenters. The number of hydrogen-bond acceptors (Lipinski definition) is 1. The summed E-state index contributed by atoms with van der Waals surface area (Å²) in [6.45, 7) is 5.47. The van der Waals surface area contributed by atoms with Crippen molar-refractivity contribution < 1.29 is 0 Å². The van der Waals surface area contributed by atoms with Crippen LogP contribution in [0.15, 0.2) is 18.2 Å². The van der Waals surface area contributed by atoms with Gasteiger partial charge in [0.15, 0.2) is 0 Å². The van der Waals surface area contributed by atoms with E-state index in [-0.39, 0.29) is 0 Å². The van der Waals surface area contributed by atoms with Gasteiger partial charge in [-0.25, -0.2) is 4.98 Å². The van der Waals surface area contributed by atoms with Gasteiger partial charge in [-0.3, -0.25) is 0 Å². The third-order valence-electron chi connectivity index (χ3n) is 4.30. The molecular weight excluding hydrogens is 244 g/mol. The van der Waals surface area contributed by atoms with Crippen molar-refractivity contribution in [3.63, 3.8) is 0 Å².